The molecule has 0 aromatic carbocycles. The van der Waals surface area contributed by atoms with Gasteiger partial charge in [0.15, 0.2) is 3.92 Å². The average Bonchev–Trinajstić information content (AvgIpc) is 2.08. The van der Waals surface area contributed by atoms with Crippen molar-refractivity contribution in [2.75, 3.05) is 0 Å². The van der Waals surface area contributed by atoms with Crippen molar-refractivity contribution in [2.24, 2.45) is 0 Å². The van der Waals surface area contributed by atoms with Crippen LogP contribution in [0.25, 0.3) is 0 Å². The summed E-state index contributed by atoms with van der Waals surface area (Å²) in [6.07, 6.45) is 0. The largest absolute Gasteiger partial charge is 0.314 e. The van der Waals surface area contributed by atoms with E-state index < -0.39 is 10.1 Å². The fourth-order valence-corrected chi connectivity index (χ4v) is 4.34. The summed E-state index contributed by atoms with van der Waals surface area (Å²) in [7, 11) is -4.19. The van der Waals surface area contributed by atoms with Crippen molar-refractivity contribution in [3.05, 3.63) is 7.70 Å². The molecule has 0 saturated heterocycles. The first-order valence-electron chi connectivity index (χ1n) is 2.20. The lowest BCUT2D eigenvalue weighted by Gasteiger charge is -1.87. The third-order valence-corrected chi connectivity index (χ3v) is 4.11. The Bertz CT molecular complexity index is 370. The van der Waals surface area contributed by atoms with Gasteiger partial charge >= 0.3 is 10.1 Å². The molecule has 1 N–H and O–H groups in total. The Hall–Kier alpha value is 0.500. The maximum Gasteiger partial charge on any atom is 0.314 e. The number of aromatic nitrogens is 1. The molecule has 62 valence electrons. The summed E-state index contributed by atoms with van der Waals surface area (Å²) in [6.45, 7) is 0. The summed E-state index contributed by atoms with van der Waals surface area (Å²) in [5.74, 6) is 0. The number of hydrogen-bond donors (Lipinski definition) is 1. The molecule has 4 nitrogen and oxygen atoms in total. The predicted octanol–water partition coefficient (Wildman–Crippen LogP) is 1.91. The third-order valence-electron chi connectivity index (χ3n) is 0.776. The highest BCUT2D eigenvalue weighted by Crippen LogP contribution is 2.30. The van der Waals surface area contributed by atoms with Gasteiger partial charge in [0.1, 0.15) is 3.79 Å². The van der Waals surface area contributed by atoms with Gasteiger partial charge in [-0.25, -0.2) is 4.98 Å². The highest BCUT2D eigenvalue weighted by atomic mass is 79.9. The van der Waals surface area contributed by atoms with Crippen LogP contribution in [0.2, 0.25) is 0 Å². The van der Waals surface area contributed by atoms with Crippen LogP contribution in [0.4, 0.5) is 0 Å². The molecule has 0 aliphatic rings. The molecule has 1 aromatic heterocycles. The minimum atomic E-state index is -4.19. The third kappa shape index (κ3) is 2.22. The summed E-state index contributed by atoms with van der Waals surface area (Å²) in [6, 6.07) is 0. The first-order chi connectivity index (χ1) is 4.91. The average molecular weight is 323 g/mol. The van der Waals surface area contributed by atoms with E-state index in [9.17, 15) is 8.42 Å². The molecule has 0 aliphatic carbocycles. The Balaban J connectivity index is 3.36. The van der Waals surface area contributed by atoms with E-state index in [1.165, 1.54) is 0 Å². The molecule has 0 fully saturated rings. The van der Waals surface area contributed by atoms with Crippen LogP contribution in [0.3, 0.4) is 0 Å². The van der Waals surface area contributed by atoms with Gasteiger partial charge in [-0.05, 0) is 31.9 Å². The Labute approximate surface area is 83.7 Å². The van der Waals surface area contributed by atoms with Crippen LogP contribution in [0, 0.1) is 0 Å². The molecule has 0 radical (unpaired) electrons. The Morgan fingerprint density at radius 3 is 2.18 bits per heavy atom. The Morgan fingerprint density at radius 2 is 2.00 bits per heavy atom. The van der Waals surface area contributed by atoms with Crippen molar-refractivity contribution in [1.82, 2.24) is 4.98 Å². The fourth-order valence-electron chi connectivity index (χ4n) is 0.423. The zero-order chi connectivity index (χ0) is 8.65. The molecule has 0 atom stereocenters. The summed E-state index contributed by atoms with van der Waals surface area (Å²) in [5, 5.41) is -0.352. The van der Waals surface area contributed by atoms with Crippen molar-refractivity contribution >= 4 is 53.3 Å². The highest BCUT2D eigenvalue weighted by Gasteiger charge is 2.19. The standard InChI is InChI=1S/C3HBr2NO3S2/c4-1-2(11(7,8)9)6-3(5)10-1/h(H,7,8,9). The predicted molar refractivity (Wildman–Crippen MR) is 47.3 cm³/mol. The molecule has 1 heterocycles. The van der Waals surface area contributed by atoms with Crippen LogP contribution in [0.15, 0.2) is 12.7 Å². The van der Waals surface area contributed by atoms with Crippen molar-refractivity contribution < 1.29 is 13.0 Å². The van der Waals surface area contributed by atoms with Gasteiger partial charge in [0.2, 0.25) is 5.03 Å². The first-order valence-corrected chi connectivity index (χ1v) is 6.05. The van der Waals surface area contributed by atoms with E-state index in [4.69, 9.17) is 4.55 Å². The van der Waals surface area contributed by atoms with Crippen LogP contribution in [-0.2, 0) is 10.1 Å². The number of nitrogens with zero attached hydrogens (tertiary/aromatic N) is 1. The van der Waals surface area contributed by atoms with Crippen LogP contribution in [-0.4, -0.2) is 18.0 Å². The molecule has 8 heteroatoms. The summed E-state index contributed by atoms with van der Waals surface area (Å²) >= 11 is 7.00. The highest BCUT2D eigenvalue weighted by molar-refractivity contribution is 9.12. The van der Waals surface area contributed by atoms with Crippen LogP contribution >= 0.6 is 43.2 Å². The SMILES string of the molecule is O=S(=O)(O)c1nc(Br)sc1Br. The van der Waals surface area contributed by atoms with Crippen LogP contribution < -0.4 is 0 Å². The molecule has 0 amide bonds. The quantitative estimate of drug-likeness (QED) is 0.802. The number of rotatable bonds is 1. The number of hydrogen-bond acceptors (Lipinski definition) is 4. The molecule has 1 aromatic rings. The van der Waals surface area contributed by atoms with Gasteiger partial charge in [0, 0.05) is 0 Å². The monoisotopic (exact) mass is 321 g/mol. The van der Waals surface area contributed by atoms with E-state index in [2.05, 4.69) is 36.8 Å². The molecule has 0 aliphatic heterocycles. The van der Waals surface area contributed by atoms with Gasteiger partial charge in [0.05, 0.1) is 0 Å². The zero-order valence-electron chi connectivity index (χ0n) is 4.78. The van der Waals surface area contributed by atoms with Gasteiger partial charge in [-0.15, -0.1) is 0 Å². The van der Waals surface area contributed by atoms with E-state index in [1.54, 1.807) is 0 Å². The van der Waals surface area contributed by atoms with Gasteiger partial charge in [0.25, 0.3) is 0 Å². The van der Waals surface area contributed by atoms with E-state index in [1.807, 2.05) is 0 Å². The molecule has 0 saturated carbocycles. The van der Waals surface area contributed by atoms with E-state index in [0.29, 0.717) is 3.92 Å². The van der Waals surface area contributed by atoms with Crippen molar-refractivity contribution in [1.29, 1.82) is 0 Å². The van der Waals surface area contributed by atoms with E-state index in [-0.39, 0.29) is 8.81 Å². The minimum Gasteiger partial charge on any atom is -0.281 e. The number of thiazole rings is 1. The molecule has 1 rings (SSSR count). The molecule has 0 unspecified atom stereocenters. The molecule has 0 spiro atoms. The lowest BCUT2D eigenvalue weighted by Crippen LogP contribution is -1.98. The van der Waals surface area contributed by atoms with Crippen LogP contribution in [0.1, 0.15) is 0 Å². The molecule has 11 heavy (non-hydrogen) atoms. The lowest BCUT2D eigenvalue weighted by molar-refractivity contribution is 0.479. The minimum absolute atomic E-state index is 0.284. The maximum atomic E-state index is 10.5. The zero-order valence-corrected chi connectivity index (χ0v) is 9.59. The van der Waals surface area contributed by atoms with Crippen LogP contribution in [0.5, 0.6) is 0 Å². The van der Waals surface area contributed by atoms with Crippen molar-refractivity contribution in [2.45, 2.75) is 5.03 Å². The van der Waals surface area contributed by atoms with E-state index >= 15 is 0 Å². The first kappa shape index (κ1) is 9.59. The Kier molecular flexibility index (Phi) is 2.70. The van der Waals surface area contributed by atoms with Crippen molar-refractivity contribution in [3.8, 4) is 0 Å². The topological polar surface area (TPSA) is 67.3 Å². The van der Waals surface area contributed by atoms with Crippen molar-refractivity contribution in [3.63, 3.8) is 0 Å². The van der Waals surface area contributed by atoms with Gasteiger partial charge in [-0.2, -0.15) is 8.42 Å². The summed E-state index contributed by atoms with van der Waals surface area (Å²) < 4.78 is 30.3. The fraction of sp³-hybridized carbons (Fsp3) is 0. The molecular weight excluding hydrogens is 322 g/mol. The van der Waals surface area contributed by atoms with E-state index in [0.717, 1.165) is 11.3 Å². The number of halogens is 2. The maximum absolute atomic E-state index is 10.5. The lowest BCUT2D eigenvalue weighted by atomic mass is 11.0. The molecular formula is C3HBr2NO3S2. The van der Waals surface area contributed by atoms with Gasteiger partial charge in [-0.3, -0.25) is 4.55 Å². The normalized spacial score (nSPS) is 11.9. The van der Waals surface area contributed by atoms with Gasteiger partial charge < -0.3 is 0 Å². The summed E-state index contributed by atoms with van der Waals surface area (Å²) in [5.41, 5.74) is 0. The second-order valence-corrected chi connectivity index (χ2v) is 6.45. The Morgan fingerprint density at radius 1 is 1.45 bits per heavy atom. The second kappa shape index (κ2) is 3.09. The summed E-state index contributed by atoms with van der Waals surface area (Å²) in [4.78, 5) is 3.53. The second-order valence-electron chi connectivity index (χ2n) is 1.52. The smallest absolute Gasteiger partial charge is 0.281 e. The molecule has 0 bridgehead atoms. The van der Waals surface area contributed by atoms with Gasteiger partial charge in [-0.1, -0.05) is 11.3 Å².